The normalized spacial score (nSPS) is 10.7. The van der Waals surface area contributed by atoms with Crippen molar-refractivity contribution in [1.29, 1.82) is 0 Å². The van der Waals surface area contributed by atoms with Gasteiger partial charge in [0.15, 0.2) is 5.65 Å². The SMILES string of the molecule is CCOc1ccccc1-c1nn2cccnc2c1C(=O)O. The predicted octanol–water partition coefficient (Wildman–Crippen LogP) is 2.49. The van der Waals surface area contributed by atoms with Crippen molar-refractivity contribution >= 4 is 11.6 Å². The molecule has 1 aromatic carbocycles. The molecule has 0 aliphatic rings. The van der Waals surface area contributed by atoms with Gasteiger partial charge in [0, 0.05) is 18.0 Å². The quantitative estimate of drug-likeness (QED) is 0.796. The van der Waals surface area contributed by atoms with E-state index in [4.69, 9.17) is 4.74 Å². The molecule has 2 heterocycles. The van der Waals surface area contributed by atoms with Gasteiger partial charge in [0.25, 0.3) is 0 Å². The zero-order valence-electron chi connectivity index (χ0n) is 11.4. The Morgan fingerprint density at radius 1 is 1.33 bits per heavy atom. The van der Waals surface area contributed by atoms with Crippen LogP contribution in [0.15, 0.2) is 42.7 Å². The van der Waals surface area contributed by atoms with E-state index in [2.05, 4.69) is 10.1 Å². The number of fused-ring (bicyclic) bond motifs is 1. The van der Waals surface area contributed by atoms with Gasteiger partial charge >= 0.3 is 5.97 Å². The summed E-state index contributed by atoms with van der Waals surface area (Å²) in [4.78, 5) is 15.7. The highest BCUT2D eigenvalue weighted by Crippen LogP contribution is 2.32. The molecule has 0 spiro atoms. The number of aromatic nitrogens is 3. The third-order valence-corrected chi connectivity index (χ3v) is 3.05. The molecule has 0 atom stereocenters. The van der Waals surface area contributed by atoms with Crippen LogP contribution in [0.4, 0.5) is 0 Å². The van der Waals surface area contributed by atoms with E-state index in [0.29, 0.717) is 29.3 Å². The number of ether oxygens (including phenoxy) is 1. The first-order chi connectivity index (χ1) is 10.2. The van der Waals surface area contributed by atoms with E-state index < -0.39 is 5.97 Å². The fraction of sp³-hybridized carbons (Fsp3) is 0.133. The second-order valence-corrected chi connectivity index (χ2v) is 4.35. The number of carbonyl (C=O) groups is 1. The molecule has 3 rings (SSSR count). The molecule has 1 N–H and O–H groups in total. The number of hydrogen-bond donors (Lipinski definition) is 1. The Balaban J connectivity index is 2.30. The zero-order valence-corrected chi connectivity index (χ0v) is 11.4. The largest absolute Gasteiger partial charge is 0.493 e. The number of carboxylic acids is 1. The van der Waals surface area contributed by atoms with Gasteiger partial charge in [0.05, 0.1) is 6.61 Å². The molecule has 0 radical (unpaired) electrons. The van der Waals surface area contributed by atoms with E-state index in [0.717, 1.165) is 0 Å². The summed E-state index contributed by atoms with van der Waals surface area (Å²) in [5, 5.41) is 13.8. The fourth-order valence-corrected chi connectivity index (χ4v) is 2.22. The molecular formula is C15H13N3O3. The van der Waals surface area contributed by atoms with Crippen molar-refractivity contribution in [2.75, 3.05) is 6.61 Å². The number of aromatic carboxylic acids is 1. The van der Waals surface area contributed by atoms with Gasteiger partial charge in [-0.25, -0.2) is 14.3 Å². The van der Waals surface area contributed by atoms with E-state index in [1.165, 1.54) is 4.52 Å². The highest BCUT2D eigenvalue weighted by molar-refractivity contribution is 6.01. The molecule has 0 saturated carbocycles. The molecule has 0 bridgehead atoms. The standard InChI is InChI=1S/C15H13N3O3/c1-2-21-11-7-4-3-6-10(11)13-12(15(19)20)14-16-8-5-9-18(14)17-13/h3-9H,2H2,1H3,(H,19,20). The Bertz CT molecular complexity index is 811. The van der Waals surface area contributed by atoms with Gasteiger partial charge in [-0.15, -0.1) is 0 Å². The topological polar surface area (TPSA) is 76.7 Å². The summed E-state index contributed by atoms with van der Waals surface area (Å²) in [5.74, 6) is -0.462. The first kappa shape index (κ1) is 13.1. The third kappa shape index (κ3) is 2.20. The van der Waals surface area contributed by atoms with Crippen molar-refractivity contribution in [2.45, 2.75) is 6.92 Å². The van der Waals surface area contributed by atoms with Gasteiger partial charge in [-0.1, -0.05) is 12.1 Å². The maximum Gasteiger partial charge on any atom is 0.341 e. The van der Waals surface area contributed by atoms with Crippen LogP contribution in [-0.4, -0.2) is 32.3 Å². The average molecular weight is 283 g/mol. The monoisotopic (exact) mass is 283 g/mol. The second-order valence-electron chi connectivity index (χ2n) is 4.35. The maximum absolute atomic E-state index is 11.6. The molecule has 0 aliphatic carbocycles. The van der Waals surface area contributed by atoms with Crippen LogP contribution in [0.1, 0.15) is 17.3 Å². The van der Waals surface area contributed by atoms with Crippen molar-refractivity contribution < 1.29 is 14.6 Å². The number of nitrogens with zero attached hydrogens (tertiary/aromatic N) is 3. The van der Waals surface area contributed by atoms with E-state index in [-0.39, 0.29) is 5.56 Å². The molecular weight excluding hydrogens is 270 g/mol. The van der Waals surface area contributed by atoms with Gasteiger partial charge in [-0.2, -0.15) is 5.10 Å². The summed E-state index contributed by atoms with van der Waals surface area (Å²) in [5.41, 5.74) is 1.38. The van der Waals surface area contributed by atoms with Gasteiger partial charge < -0.3 is 9.84 Å². The van der Waals surface area contributed by atoms with Crippen molar-refractivity contribution in [2.24, 2.45) is 0 Å². The molecule has 0 unspecified atom stereocenters. The van der Waals surface area contributed by atoms with Crippen LogP contribution in [0.2, 0.25) is 0 Å². The number of carboxylic acid groups (broad SMARTS) is 1. The minimum Gasteiger partial charge on any atom is -0.493 e. The predicted molar refractivity (Wildman–Crippen MR) is 76.6 cm³/mol. The van der Waals surface area contributed by atoms with Crippen molar-refractivity contribution in [1.82, 2.24) is 14.6 Å². The van der Waals surface area contributed by atoms with Crippen LogP contribution in [-0.2, 0) is 0 Å². The van der Waals surface area contributed by atoms with Crippen LogP contribution in [0.5, 0.6) is 5.75 Å². The lowest BCUT2D eigenvalue weighted by Gasteiger charge is -2.08. The molecule has 106 valence electrons. The van der Waals surface area contributed by atoms with Crippen LogP contribution in [0, 0.1) is 0 Å². The Labute approximate surface area is 120 Å². The highest BCUT2D eigenvalue weighted by atomic mass is 16.5. The van der Waals surface area contributed by atoms with Crippen LogP contribution in [0.3, 0.4) is 0 Å². The Kier molecular flexibility index (Phi) is 3.27. The van der Waals surface area contributed by atoms with Crippen molar-refractivity contribution in [3.8, 4) is 17.0 Å². The molecule has 0 amide bonds. The van der Waals surface area contributed by atoms with E-state index >= 15 is 0 Å². The van der Waals surface area contributed by atoms with E-state index in [9.17, 15) is 9.90 Å². The number of benzene rings is 1. The Morgan fingerprint density at radius 3 is 2.90 bits per heavy atom. The molecule has 3 aromatic rings. The summed E-state index contributed by atoms with van der Waals surface area (Å²) >= 11 is 0. The van der Waals surface area contributed by atoms with Gasteiger partial charge in [0.2, 0.25) is 0 Å². The first-order valence-electron chi connectivity index (χ1n) is 6.51. The van der Waals surface area contributed by atoms with Crippen LogP contribution >= 0.6 is 0 Å². The molecule has 0 saturated heterocycles. The highest BCUT2D eigenvalue weighted by Gasteiger charge is 2.23. The molecule has 6 heteroatoms. The molecule has 2 aromatic heterocycles. The lowest BCUT2D eigenvalue weighted by atomic mass is 10.1. The number of hydrogen-bond acceptors (Lipinski definition) is 4. The lowest BCUT2D eigenvalue weighted by molar-refractivity contribution is 0.0699. The minimum absolute atomic E-state index is 0.0720. The molecule has 6 nitrogen and oxygen atoms in total. The maximum atomic E-state index is 11.6. The van der Waals surface area contributed by atoms with Gasteiger partial charge in [0.1, 0.15) is 17.0 Å². The van der Waals surface area contributed by atoms with Gasteiger partial charge in [-0.3, -0.25) is 0 Å². The van der Waals surface area contributed by atoms with E-state index in [1.807, 2.05) is 19.1 Å². The number of para-hydroxylation sites is 1. The van der Waals surface area contributed by atoms with Crippen LogP contribution in [0.25, 0.3) is 16.9 Å². The number of rotatable bonds is 4. The van der Waals surface area contributed by atoms with Crippen LogP contribution < -0.4 is 4.74 Å². The Hall–Kier alpha value is -2.89. The molecule has 21 heavy (non-hydrogen) atoms. The average Bonchev–Trinajstić information content (AvgIpc) is 2.87. The molecule has 0 aliphatic heterocycles. The fourth-order valence-electron chi connectivity index (χ4n) is 2.22. The van der Waals surface area contributed by atoms with Crippen molar-refractivity contribution in [3.63, 3.8) is 0 Å². The second kappa shape index (κ2) is 5.24. The summed E-state index contributed by atoms with van der Waals surface area (Å²) in [6, 6.07) is 8.94. The van der Waals surface area contributed by atoms with E-state index in [1.54, 1.807) is 30.6 Å². The summed E-state index contributed by atoms with van der Waals surface area (Å²) in [7, 11) is 0. The molecule has 0 fully saturated rings. The summed E-state index contributed by atoms with van der Waals surface area (Å²) in [6.07, 6.45) is 3.21. The first-order valence-corrected chi connectivity index (χ1v) is 6.51. The van der Waals surface area contributed by atoms with Gasteiger partial charge in [-0.05, 0) is 25.1 Å². The smallest absolute Gasteiger partial charge is 0.341 e. The minimum atomic E-state index is -1.06. The third-order valence-electron chi connectivity index (χ3n) is 3.05. The van der Waals surface area contributed by atoms with Crippen molar-refractivity contribution in [3.05, 3.63) is 48.3 Å². The summed E-state index contributed by atoms with van der Waals surface area (Å²) < 4.78 is 7.02. The lowest BCUT2D eigenvalue weighted by Crippen LogP contribution is -2.00. The Morgan fingerprint density at radius 2 is 2.14 bits per heavy atom. The zero-order chi connectivity index (χ0) is 14.8. The summed E-state index contributed by atoms with van der Waals surface area (Å²) in [6.45, 7) is 2.37.